The largest absolute Gasteiger partial charge is 0.387 e. The van der Waals surface area contributed by atoms with Crippen LogP contribution in [-0.4, -0.2) is 61.0 Å². The second-order valence-electron chi connectivity index (χ2n) is 8.63. The standard InChI is InChI=1S/C26H30FN5O/c27-23-6-8-25(9-7-23)31-14-16-32(17-15-31)26(33)22(18-28)19-29-24-10-12-30(13-11-24)20-21-4-2-1-3-5-21/h1-9,19,24,29H,10-17,20H2/b22-19-. The smallest absolute Gasteiger partial charge is 0.266 e. The quantitative estimate of drug-likeness (QED) is 0.545. The topological polar surface area (TPSA) is 62.6 Å². The second-order valence-corrected chi connectivity index (χ2v) is 8.63. The summed E-state index contributed by atoms with van der Waals surface area (Å²) in [5, 5.41) is 12.9. The minimum Gasteiger partial charge on any atom is -0.387 e. The summed E-state index contributed by atoms with van der Waals surface area (Å²) in [6.45, 7) is 5.31. The van der Waals surface area contributed by atoms with E-state index in [1.165, 1.54) is 17.7 Å². The van der Waals surface area contributed by atoms with Crippen LogP contribution in [0.5, 0.6) is 0 Å². The van der Waals surface area contributed by atoms with E-state index in [4.69, 9.17) is 0 Å². The number of piperidine rings is 1. The Balaban J connectivity index is 1.24. The van der Waals surface area contributed by atoms with Gasteiger partial charge in [-0.05, 0) is 42.7 Å². The van der Waals surface area contributed by atoms with Gasteiger partial charge in [-0.2, -0.15) is 5.26 Å². The normalized spacial score (nSPS) is 18.1. The van der Waals surface area contributed by atoms with E-state index in [0.717, 1.165) is 38.2 Å². The van der Waals surface area contributed by atoms with Crippen LogP contribution >= 0.6 is 0 Å². The van der Waals surface area contributed by atoms with Crippen molar-refractivity contribution in [1.82, 2.24) is 15.1 Å². The number of anilines is 1. The average Bonchev–Trinajstić information content (AvgIpc) is 2.86. The number of piperazine rings is 1. The van der Waals surface area contributed by atoms with Gasteiger partial charge in [0.05, 0.1) is 0 Å². The Hall–Kier alpha value is -3.37. The molecule has 0 saturated carbocycles. The molecule has 1 N–H and O–H groups in total. The highest BCUT2D eigenvalue weighted by molar-refractivity contribution is 5.97. The van der Waals surface area contributed by atoms with Gasteiger partial charge < -0.3 is 15.1 Å². The fourth-order valence-electron chi connectivity index (χ4n) is 4.43. The molecule has 7 heteroatoms. The average molecular weight is 448 g/mol. The van der Waals surface area contributed by atoms with Gasteiger partial charge in [-0.25, -0.2) is 4.39 Å². The predicted molar refractivity (Wildman–Crippen MR) is 127 cm³/mol. The van der Waals surface area contributed by atoms with Crippen LogP contribution in [-0.2, 0) is 11.3 Å². The van der Waals surface area contributed by atoms with Crippen molar-refractivity contribution >= 4 is 11.6 Å². The highest BCUT2D eigenvalue weighted by Crippen LogP contribution is 2.18. The third-order valence-corrected chi connectivity index (χ3v) is 6.41. The number of nitrogens with one attached hydrogen (secondary N) is 1. The third kappa shape index (κ3) is 6.11. The molecule has 0 atom stereocenters. The summed E-state index contributed by atoms with van der Waals surface area (Å²) in [4.78, 5) is 19.1. The van der Waals surface area contributed by atoms with Gasteiger partial charge >= 0.3 is 0 Å². The fourth-order valence-corrected chi connectivity index (χ4v) is 4.43. The minimum atomic E-state index is -0.259. The number of nitrogens with zero attached hydrogens (tertiary/aromatic N) is 4. The van der Waals surface area contributed by atoms with Crippen LogP contribution in [0, 0.1) is 17.1 Å². The molecule has 33 heavy (non-hydrogen) atoms. The van der Waals surface area contributed by atoms with Crippen LogP contribution in [0.2, 0.25) is 0 Å². The number of amides is 1. The monoisotopic (exact) mass is 447 g/mol. The Morgan fingerprint density at radius 2 is 1.67 bits per heavy atom. The molecule has 2 aromatic rings. The van der Waals surface area contributed by atoms with Crippen molar-refractivity contribution in [2.24, 2.45) is 0 Å². The molecule has 6 nitrogen and oxygen atoms in total. The van der Waals surface area contributed by atoms with Crippen molar-refractivity contribution in [2.75, 3.05) is 44.2 Å². The van der Waals surface area contributed by atoms with Gasteiger partial charge in [-0.3, -0.25) is 9.69 Å². The van der Waals surface area contributed by atoms with E-state index in [1.807, 2.05) is 6.07 Å². The van der Waals surface area contributed by atoms with E-state index in [9.17, 15) is 14.4 Å². The Labute approximate surface area is 194 Å². The molecule has 2 aliphatic rings. The van der Waals surface area contributed by atoms with Crippen molar-refractivity contribution in [1.29, 1.82) is 5.26 Å². The van der Waals surface area contributed by atoms with Crippen LogP contribution in [0.1, 0.15) is 18.4 Å². The minimum absolute atomic E-state index is 0.150. The lowest BCUT2D eigenvalue weighted by Crippen LogP contribution is -2.49. The molecule has 2 aromatic carbocycles. The molecule has 1 amide bonds. The molecule has 4 rings (SSSR count). The molecular formula is C26H30FN5O. The maximum atomic E-state index is 13.1. The lowest BCUT2D eigenvalue weighted by molar-refractivity contribution is -0.127. The first-order chi connectivity index (χ1) is 16.1. The molecule has 2 saturated heterocycles. The van der Waals surface area contributed by atoms with Crippen LogP contribution in [0.4, 0.5) is 10.1 Å². The zero-order valence-electron chi connectivity index (χ0n) is 18.8. The summed E-state index contributed by atoms with van der Waals surface area (Å²) >= 11 is 0. The summed E-state index contributed by atoms with van der Waals surface area (Å²) in [6, 6.07) is 19.2. The number of carbonyl (C=O) groups is 1. The third-order valence-electron chi connectivity index (χ3n) is 6.41. The van der Waals surface area contributed by atoms with Crippen LogP contribution in [0.25, 0.3) is 0 Å². The molecule has 0 bridgehead atoms. The Bertz CT molecular complexity index is 986. The van der Waals surface area contributed by atoms with Crippen molar-refractivity contribution < 1.29 is 9.18 Å². The first-order valence-electron chi connectivity index (χ1n) is 11.5. The molecule has 2 fully saturated rings. The summed E-state index contributed by atoms with van der Waals surface area (Å²) in [6.07, 6.45) is 3.56. The molecule has 0 radical (unpaired) electrons. The van der Waals surface area contributed by atoms with Gasteiger partial charge in [0.1, 0.15) is 17.5 Å². The van der Waals surface area contributed by atoms with Gasteiger partial charge in [-0.15, -0.1) is 0 Å². The fraction of sp³-hybridized carbons (Fsp3) is 0.385. The Kier molecular flexibility index (Phi) is 7.59. The van der Waals surface area contributed by atoms with Crippen molar-refractivity contribution in [3.63, 3.8) is 0 Å². The van der Waals surface area contributed by atoms with E-state index in [-0.39, 0.29) is 23.3 Å². The number of rotatable bonds is 6. The SMILES string of the molecule is N#C/C(=C/NC1CCN(Cc2ccccc2)CC1)C(=O)N1CCN(c2ccc(F)cc2)CC1. The summed E-state index contributed by atoms with van der Waals surface area (Å²) in [5.74, 6) is -0.490. The number of likely N-dealkylation sites (tertiary alicyclic amines) is 1. The number of benzene rings is 2. The molecule has 0 aliphatic carbocycles. The Morgan fingerprint density at radius 3 is 2.30 bits per heavy atom. The molecule has 2 heterocycles. The van der Waals surface area contributed by atoms with E-state index in [0.29, 0.717) is 26.2 Å². The van der Waals surface area contributed by atoms with Crippen LogP contribution in [0.15, 0.2) is 66.4 Å². The van der Waals surface area contributed by atoms with Crippen LogP contribution < -0.4 is 10.2 Å². The molecule has 172 valence electrons. The first kappa shape index (κ1) is 22.8. The maximum Gasteiger partial charge on any atom is 0.266 e. The van der Waals surface area contributed by atoms with Gasteiger partial charge in [0.2, 0.25) is 0 Å². The number of hydrogen-bond donors (Lipinski definition) is 1. The summed E-state index contributed by atoms with van der Waals surface area (Å²) < 4.78 is 13.1. The van der Waals surface area contributed by atoms with Gasteiger partial charge in [0.25, 0.3) is 5.91 Å². The first-order valence-corrected chi connectivity index (χ1v) is 11.5. The van der Waals surface area contributed by atoms with Gasteiger partial charge in [-0.1, -0.05) is 30.3 Å². The van der Waals surface area contributed by atoms with Crippen molar-refractivity contribution in [2.45, 2.75) is 25.4 Å². The van der Waals surface area contributed by atoms with E-state index in [1.54, 1.807) is 23.2 Å². The maximum absolute atomic E-state index is 13.1. The molecule has 0 spiro atoms. The second kappa shape index (κ2) is 11.0. The summed E-state index contributed by atoms with van der Waals surface area (Å²) in [5.41, 5.74) is 2.41. The molecular weight excluding hydrogens is 417 g/mol. The summed E-state index contributed by atoms with van der Waals surface area (Å²) in [7, 11) is 0. The van der Waals surface area contributed by atoms with E-state index < -0.39 is 0 Å². The number of hydrogen-bond acceptors (Lipinski definition) is 5. The number of halogens is 1. The lowest BCUT2D eigenvalue weighted by atomic mass is 10.0. The lowest BCUT2D eigenvalue weighted by Gasteiger charge is -2.36. The zero-order chi connectivity index (χ0) is 23.0. The highest BCUT2D eigenvalue weighted by atomic mass is 19.1. The van der Waals surface area contributed by atoms with Crippen molar-refractivity contribution in [3.8, 4) is 6.07 Å². The molecule has 2 aliphatic heterocycles. The van der Waals surface area contributed by atoms with E-state index in [2.05, 4.69) is 45.5 Å². The van der Waals surface area contributed by atoms with Crippen molar-refractivity contribution in [3.05, 3.63) is 77.8 Å². The van der Waals surface area contributed by atoms with Crippen LogP contribution in [0.3, 0.4) is 0 Å². The molecule has 0 unspecified atom stereocenters. The number of carbonyl (C=O) groups excluding carboxylic acids is 1. The zero-order valence-corrected chi connectivity index (χ0v) is 18.8. The predicted octanol–water partition coefficient (Wildman–Crippen LogP) is 3.14. The Morgan fingerprint density at radius 1 is 1.00 bits per heavy atom. The van der Waals surface area contributed by atoms with E-state index >= 15 is 0 Å². The molecule has 0 aromatic heterocycles. The van der Waals surface area contributed by atoms with Gasteiger partial charge in [0, 0.05) is 63.7 Å². The number of nitriles is 1. The van der Waals surface area contributed by atoms with Gasteiger partial charge in [0.15, 0.2) is 0 Å². The highest BCUT2D eigenvalue weighted by Gasteiger charge is 2.25.